The molecule has 96 valence electrons. The molecule has 0 saturated heterocycles. The SMILES string of the molecule is CSc1ccccc1-c1ccc([N+](=O)[O-])cc1C=S. The van der Waals surface area contributed by atoms with Crippen LogP contribution in [0.3, 0.4) is 0 Å². The summed E-state index contributed by atoms with van der Waals surface area (Å²) < 4.78 is 0. The van der Waals surface area contributed by atoms with Gasteiger partial charge in [0.05, 0.1) is 4.92 Å². The Labute approximate surface area is 120 Å². The molecule has 0 fully saturated rings. The van der Waals surface area contributed by atoms with E-state index >= 15 is 0 Å². The van der Waals surface area contributed by atoms with Crippen molar-refractivity contribution in [2.75, 3.05) is 6.26 Å². The first-order chi connectivity index (χ1) is 9.17. The number of hydrogen-bond donors (Lipinski definition) is 0. The van der Waals surface area contributed by atoms with Crippen LogP contribution in [0.2, 0.25) is 0 Å². The molecule has 0 radical (unpaired) electrons. The highest BCUT2D eigenvalue weighted by Crippen LogP contribution is 2.33. The van der Waals surface area contributed by atoms with E-state index in [-0.39, 0.29) is 5.69 Å². The van der Waals surface area contributed by atoms with E-state index in [1.165, 1.54) is 17.5 Å². The molecule has 2 aromatic carbocycles. The van der Waals surface area contributed by atoms with Gasteiger partial charge in [-0.2, -0.15) is 0 Å². The minimum Gasteiger partial charge on any atom is -0.258 e. The van der Waals surface area contributed by atoms with Crippen molar-refractivity contribution in [2.45, 2.75) is 4.90 Å². The predicted octanol–water partition coefficient (Wildman–Crippen LogP) is 4.33. The van der Waals surface area contributed by atoms with Crippen LogP contribution in [-0.4, -0.2) is 16.5 Å². The van der Waals surface area contributed by atoms with Crippen molar-refractivity contribution in [1.29, 1.82) is 0 Å². The summed E-state index contributed by atoms with van der Waals surface area (Å²) in [5.74, 6) is 0. The van der Waals surface area contributed by atoms with Gasteiger partial charge in [0.25, 0.3) is 5.69 Å². The maximum absolute atomic E-state index is 10.8. The highest BCUT2D eigenvalue weighted by Gasteiger charge is 2.12. The van der Waals surface area contributed by atoms with Crippen LogP contribution in [0.5, 0.6) is 0 Å². The molecule has 0 saturated carbocycles. The Morgan fingerprint density at radius 3 is 2.58 bits per heavy atom. The van der Waals surface area contributed by atoms with E-state index in [0.717, 1.165) is 16.0 Å². The Kier molecular flexibility index (Phi) is 4.29. The molecular formula is C14H11NO2S2. The van der Waals surface area contributed by atoms with Crippen LogP contribution in [0.1, 0.15) is 5.56 Å². The molecule has 2 rings (SSSR count). The van der Waals surface area contributed by atoms with Crippen molar-refractivity contribution in [2.24, 2.45) is 0 Å². The Balaban J connectivity index is 2.62. The lowest BCUT2D eigenvalue weighted by Gasteiger charge is -2.10. The van der Waals surface area contributed by atoms with Crippen LogP contribution < -0.4 is 0 Å². The van der Waals surface area contributed by atoms with Gasteiger partial charge < -0.3 is 0 Å². The number of nitro benzene ring substituents is 1. The molecule has 19 heavy (non-hydrogen) atoms. The summed E-state index contributed by atoms with van der Waals surface area (Å²) in [6.45, 7) is 0. The van der Waals surface area contributed by atoms with Crippen molar-refractivity contribution in [1.82, 2.24) is 0 Å². The average molecular weight is 289 g/mol. The molecule has 0 atom stereocenters. The minimum atomic E-state index is -0.410. The standard InChI is InChI=1S/C14H11NO2S2/c1-19-14-5-3-2-4-13(14)12-7-6-11(15(16)17)8-10(12)9-18/h2-9H,1H3. The fraction of sp³-hybridized carbons (Fsp3) is 0.0714. The molecule has 0 spiro atoms. The molecule has 3 nitrogen and oxygen atoms in total. The van der Waals surface area contributed by atoms with Crippen molar-refractivity contribution in [3.05, 3.63) is 58.1 Å². The number of nitro groups is 1. The van der Waals surface area contributed by atoms with Crippen LogP contribution in [0.15, 0.2) is 47.4 Å². The van der Waals surface area contributed by atoms with Gasteiger partial charge >= 0.3 is 0 Å². The van der Waals surface area contributed by atoms with Crippen molar-refractivity contribution in [3.63, 3.8) is 0 Å². The quantitative estimate of drug-likeness (QED) is 0.363. The summed E-state index contributed by atoms with van der Waals surface area (Å²) in [6.07, 6.45) is 2.00. The number of thiocarbonyl (C=S) groups is 1. The zero-order valence-electron chi connectivity index (χ0n) is 10.2. The first-order valence-corrected chi connectivity index (χ1v) is 7.24. The molecule has 0 unspecified atom stereocenters. The van der Waals surface area contributed by atoms with Crippen molar-refractivity contribution < 1.29 is 4.92 Å². The van der Waals surface area contributed by atoms with Gasteiger partial charge in [-0.1, -0.05) is 30.4 Å². The van der Waals surface area contributed by atoms with Gasteiger partial charge in [-0.15, -0.1) is 11.8 Å². The second-order valence-electron chi connectivity index (χ2n) is 3.85. The topological polar surface area (TPSA) is 43.1 Å². The van der Waals surface area contributed by atoms with Gasteiger partial charge in [-0.3, -0.25) is 10.1 Å². The lowest BCUT2D eigenvalue weighted by Crippen LogP contribution is -1.93. The monoisotopic (exact) mass is 289 g/mol. The highest BCUT2D eigenvalue weighted by molar-refractivity contribution is 7.98. The fourth-order valence-corrected chi connectivity index (χ4v) is 2.68. The number of rotatable bonds is 4. The van der Waals surface area contributed by atoms with E-state index in [4.69, 9.17) is 12.2 Å². The van der Waals surface area contributed by atoms with Gasteiger partial charge in [-0.05, 0) is 35.1 Å². The lowest BCUT2D eigenvalue weighted by atomic mass is 10.00. The number of benzene rings is 2. The van der Waals surface area contributed by atoms with Gasteiger partial charge in [0.2, 0.25) is 0 Å². The Hall–Kier alpha value is -1.72. The van der Waals surface area contributed by atoms with Gasteiger partial charge in [0.15, 0.2) is 0 Å². The summed E-state index contributed by atoms with van der Waals surface area (Å²) in [4.78, 5) is 11.5. The molecule has 2 aromatic rings. The van der Waals surface area contributed by atoms with Gasteiger partial charge in [0.1, 0.15) is 0 Å². The zero-order valence-corrected chi connectivity index (χ0v) is 11.8. The fourth-order valence-electron chi connectivity index (χ4n) is 1.87. The predicted molar refractivity (Wildman–Crippen MR) is 83.1 cm³/mol. The Morgan fingerprint density at radius 1 is 1.21 bits per heavy atom. The zero-order chi connectivity index (χ0) is 13.8. The van der Waals surface area contributed by atoms with E-state index in [1.54, 1.807) is 17.8 Å². The first kappa shape index (κ1) is 13.7. The van der Waals surface area contributed by atoms with Crippen LogP contribution in [-0.2, 0) is 0 Å². The van der Waals surface area contributed by atoms with Crippen LogP contribution in [0.25, 0.3) is 11.1 Å². The molecule has 0 aliphatic carbocycles. The minimum absolute atomic E-state index is 0.0569. The van der Waals surface area contributed by atoms with Gasteiger partial charge in [0, 0.05) is 22.4 Å². The van der Waals surface area contributed by atoms with Crippen LogP contribution >= 0.6 is 24.0 Å². The highest BCUT2D eigenvalue weighted by atomic mass is 32.2. The molecule has 0 heterocycles. The summed E-state index contributed by atoms with van der Waals surface area (Å²) >= 11 is 6.62. The summed E-state index contributed by atoms with van der Waals surface area (Å²) in [7, 11) is 0. The van der Waals surface area contributed by atoms with E-state index < -0.39 is 4.92 Å². The first-order valence-electron chi connectivity index (χ1n) is 5.54. The maximum atomic E-state index is 10.8. The summed E-state index contributed by atoms with van der Waals surface area (Å²) in [5.41, 5.74) is 2.72. The van der Waals surface area contributed by atoms with Crippen molar-refractivity contribution in [3.8, 4) is 11.1 Å². The smallest absolute Gasteiger partial charge is 0.258 e. The van der Waals surface area contributed by atoms with Gasteiger partial charge in [-0.25, -0.2) is 0 Å². The molecule has 0 aliphatic rings. The molecule has 0 aliphatic heterocycles. The van der Waals surface area contributed by atoms with Crippen molar-refractivity contribution >= 4 is 35.0 Å². The average Bonchev–Trinajstić information content (AvgIpc) is 2.46. The lowest BCUT2D eigenvalue weighted by molar-refractivity contribution is -0.384. The second-order valence-corrected chi connectivity index (χ2v) is 4.93. The summed E-state index contributed by atoms with van der Waals surface area (Å²) in [6, 6.07) is 12.7. The maximum Gasteiger partial charge on any atom is 0.270 e. The summed E-state index contributed by atoms with van der Waals surface area (Å²) in [5, 5.41) is 12.3. The van der Waals surface area contributed by atoms with E-state index in [2.05, 4.69) is 0 Å². The van der Waals surface area contributed by atoms with Crippen LogP contribution in [0.4, 0.5) is 5.69 Å². The Morgan fingerprint density at radius 2 is 1.95 bits per heavy atom. The largest absolute Gasteiger partial charge is 0.270 e. The van der Waals surface area contributed by atoms with E-state index in [0.29, 0.717) is 5.56 Å². The normalized spacial score (nSPS) is 10.2. The third kappa shape index (κ3) is 2.83. The van der Waals surface area contributed by atoms with Crippen LogP contribution in [0, 0.1) is 10.1 Å². The van der Waals surface area contributed by atoms with E-state index in [9.17, 15) is 10.1 Å². The molecule has 0 N–H and O–H groups in total. The number of thioether (sulfide) groups is 1. The van der Waals surface area contributed by atoms with E-state index in [1.807, 2.05) is 30.5 Å². The molecule has 0 amide bonds. The second kappa shape index (κ2) is 5.95. The molecule has 0 bridgehead atoms. The molecule has 0 aromatic heterocycles. The number of hydrogen-bond acceptors (Lipinski definition) is 4. The molecular weight excluding hydrogens is 278 g/mol. The number of non-ortho nitro benzene ring substituents is 1. The Bertz CT molecular complexity index is 641. The number of nitrogens with zero attached hydrogens (tertiary/aromatic N) is 1. The third-order valence-electron chi connectivity index (χ3n) is 2.77. The third-order valence-corrected chi connectivity index (χ3v) is 3.82. The molecule has 5 heteroatoms.